The number of hydrogen-bond donors (Lipinski definition) is 3. The number of thiazole rings is 1. The lowest BCUT2D eigenvalue weighted by Gasteiger charge is -2.18. The Balaban J connectivity index is 1.71. The molecule has 1 fully saturated rings. The molecule has 2 atom stereocenters. The molecule has 0 bridgehead atoms. The second kappa shape index (κ2) is 8.35. The minimum absolute atomic E-state index is 0.0751. The van der Waals surface area contributed by atoms with Crippen molar-refractivity contribution in [2.45, 2.75) is 38.4 Å². The zero-order chi connectivity index (χ0) is 21.3. The molecule has 2 aromatic heterocycles. The van der Waals surface area contributed by atoms with Gasteiger partial charge in [0.1, 0.15) is 17.4 Å². The molecular weight excluding hydrogens is 415 g/mol. The van der Waals surface area contributed by atoms with E-state index < -0.39 is 12.7 Å². The predicted molar refractivity (Wildman–Crippen MR) is 112 cm³/mol. The second-order valence-corrected chi connectivity index (χ2v) is 8.55. The van der Waals surface area contributed by atoms with Crippen LogP contribution in [-0.4, -0.2) is 45.4 Å². The van der Waals surface area contributed by atoms with Crippen molar-refractivity contribution < 1.29 is 18.3 Å². The number of nitrogens with one attached hydrogen (secondary N) is 2. The van der Waals surface area contributed by atoms with E-state index in [0.29, 0.717) is 17.1 Å². The highest BCUT2D eigenvalue weighted by Gasteiger charge is 2.29. The van der Waals surface area contributed by atoms with Crippen molar-refractivity contribution in [2.24, 2.45) is 5.92 Å². The summed E-state index contributed by atoms with van der Waals surface area (Å²) in [6.07, 6.45) is -1.83. The topological polar surface area (TPSA) is 83.0 Å². The van der Waals surface area contributed by atoms with E-state index in [9.17, 15) is 18.3 Å². The molecule has 6 nitrogen and oxygen atoms in total. The van der Waals surface area contributed by atoms with E-state index in [1.807, 2.05) is 24.3 Å². The van der Waals surface area contributed by atoms with E-state index in [0.717, 1.165) is 34.5 Å². The quantitative estimate of drug-likeness (QED) is 0.523. The minimum atomic E-state index is -4.36. The van der Waals surface area contributed by atoms with E-state index >= 15 is 0 Å². The number of benzene rings is 1. The summed E-state index contributed by atoms with van der Waals surface area (Å²) in [5, 5.41) is 15.8. The van der Waals surface area contributed by atoms with Gasteiger partial charge in [0.15, 0.2) is 0 Å². The number of rotatable bonds is 6. The average Bonchev–Trinajstić information content (AvgIpc) is 3.32. The van der Waals surface area contributed by atoms with E-state index in [4.69, 9.17) is 0 Å². The standard InChI is InChI=1S/C20H22F3N5OS/c1-11-16(18-27-14-4-2-3-5-15(14)30-18)17(26-13-7-6-12(8-13)9-29)28-19(25-11)24-10-20(21,22)23/h2-5,12-13,29H,6-10H2,1H3,(H2,24,25,26,28)/t12-,13+/m1/s1. The molecule has 1 aliphatic rings. The largest absolute Gasteiger partial charge is 0.405 e. The molecule has 1 aliphatic carbocycles. The number of aliphatic hydroxyl groups excluding tert-OH is 1. The summed E-state index contributed by atoms with van der Waals surface area (Å²) in [5.41, 5.74) is 2.09. The van der Waals surface area contributed by atoms with Crippen LogP contribution in [0.2, 0.25) is 0 Å². The van der Waals surface area contributed by atoms with Gasteiger partial charge in [-0.3, -0.25) is 0 Å². The van der Waals surface area contributed by atoms with Gasteiger partial charge in [0.2, 0.25) is 5.95 Å². The van der Waals surface area contributed by atoms with Crippen LogP contribution in [0.25, 0.3) is 20.8 Å². The molecule has 2 heterocycles. The Morgan fingerprint density at radius 3 is 2.67 bits per heavy atom. The molecule has 30 heavy (non-hydrogen) atoms. The van der Waals surface area contributed by atoms with Gasteiger partial charge in [0.25, 0.3) is 0 Å². The Labute approximate surface area is 175 Å². The first kappa shape index (κ1) is 20.8. The van der Waals surface area contributed by atoms with Crippen LogP contribution < -0.4 is 10.6 Å². The zero-order valence-electron chi connectivity index (χ0n) is 16.3. The van der Waals surface area contributed by atoms with Crippen molar-refractivity contribution >= 4 is 33.3 Å². The normalized spacial score (nSPS) is 19.4. The van der Waals surface area contributed by atoms with Gasteiger partial charge < -0.3 is 15.7 Å². The molecule has 3 aromatic rings. The summed E-state index contributed by atoms with van der Waals surface area (Å²) in [4.78, 5) is 13.3. The third-order valence-electron chi connectivity index (χ3n) is 5.18. The number of aliphatic hydroxyl groups is 1. The van der Waals surface area contributed by atoms with Crippen molar-refractivity contribution in [2.75, 3.05) is 23.8 Å². The third kappa shape index (κ3) is 4.65. The van der Waals surface area contributed by atoms with Crippen molar-refractivity contribution in [1.29, 1.82) is 0 Å². The zero-order valence-corrected chi connectivity index (χ0v) is 17.1. The molecule has 1 aromatic carbocycles. The van der Waals surface area contributed by atoms with Crippen molar-refractivity contribution in [3.8, 4) is 10.6 Å². The van der Waals surface area contributed by atoms with Crippen LogP contribution in [0.1, 0.15) is 25.0 Å². The molecule has 3 N–H and O–H groups in total. The maximum absolute atomic E-state index is 12.6. The van der Waals surface area contributed by atoms with Crippen LogP contribution >= 0.6 is 11.3 Å². The lowest BCUT2D eigenvalue weighted by atomic mass is 10.1. The SMILES string of the molecule is Cc1nc(NCC(F)(F)F)nc(N[C@H]2CC[C@@H](CO)C2)c1-c1nc2ccccc2s1. The van der Waals surface area contributed by atoms with Gasteiger partial charge in [-0.05, 0) is 44.2 Å². The smallest absolute Gasteiger partial charge is 0.396 e. The monoisotopic (exact) mass is 437 g/mol. The fraction of sp³-hybridized carbons (Fsp3) is 0.450. The summed E-state index contributed by atoms with van der Waals surface area (Å²) < 4.78 is 39.0. The van der Waals surface area contributed by atoms with E-state index in [1.54, 1.807) is 6.92 Å². The Hall–Kier alpha value is -2.46. The summed E-state index contributed by atoms with van der Waals surface area (Å²) in [7, 11) is 0. The van der Waals surface area contributed by atoms with Crippen molar-refractivity contribution in [3.63, 3.8) is 0 Å². The Kier molecular flexibility index (Phi) is 5.79. The molecular formula is C20H22F3N5OS. The molecule has 0 amide bonds. The lowest BCUT2D eigenvalue weighted by Crippen LogP contribution is -2.24. The number of anilines is 2. The Bertz CT molecular complexity index is 1010. The van der Waals surface area contributed by atoms with Gasteiger partial charge in [-0.25, -0.2) is 9.97 Å². The summed E-state index contributed by atoms with van der Waals surface area (Å²) in [5.74, 6) is 0.614. The molecule has 4 rings (SSSR count). The van der Waals surface area contributed by atoms with E-state index in [2.05, 4.69) is 25.6 Å². The molecule has 1 saturated carbocycles. The van der Waals surface area contributed by atoms with Gasteiger partial charge in [-0.2, -0.15) is 18.2 Å². The average molecular weight is 437 g/mol. The van der Waals surface area contributed by atoms with E-state index in [1.165, 1.54) is 11.3 Å². The second-order valence-electron chi connectivity index (χ2n) is 7.51. The Morgan fingerprint density at radius 1 is 1.17 bits per heavy atom. The lowest BCUT2D eigenvalue weighted by molar-refractivity contribution is -0.115. The van der Waals surface area contributed by atoms with Gasteiger partial charge in [-0.1, -0.05) is 12.1 Å². The molecule has 0 aliphatic heterocycles. The van der Waals surface area contributed by atoms with Crippen LogP contribution in [0.3, 0.4) is 0 Å². The van der Waals surface area contributed by atoms with Gasteiger partial charge in [-0.15, -0.1) is 11.3 Å². The highest BCUT2D eigenvalue weighted by atomic mass is 32.1. The number of para-hydroxylation sites is 1. The number of halogens is 3. The van der Waals surface area contributed by atoms with Crippen molar-refractivity contribution in [1.82, 2.24) is 15.0 Å². The third-order valence-corrected chi connectivity index (χ3v) is 6.24. The predicted octanol–water partition coefficient (Wildman–Crippen LogP) is 4.61. The number of aryl methyl sites for hydroxylation is 1. The van der Waals surface area contributed by atoms with Crippen LogP contribution in [0.5, 0.6) is 0 Å². The molecule has 0 saturated heterocycles. The first-order valence-electron chi connectivity index (χ1n) is 9.75. The molecule has 0 unspecified atom stereocenters. The maximum atomic E-state index is 12.6. The maximum Gasteiger partial charge on any atom is 0.405 e. The van der Waals surface area contributed by atoms with Crippen molar-refractivity contribution in [3.05, 3.63) is 30.0 Å². The molecule has 0 radical (unpaired) electrons. The Morgan fingerprint density at radius 2 is 1.97 bits per heavy atom. The van der Waals surface area contributed by atoms with Gasteiger partial charge in [0.05, 0.1) is 21.5 Å². The molecule has 10 heteroatoms. The highest BCUT2D eigenvalue weighted by molar-refractivity contribution is 7.21. The molecule has 160 valence electrons. The minimum Gasteiger partial charge on any atom is -0.396 e. The fourth-order valence-corrected chi connectivity index (χ4v) is 4.80. The molecule has 0 spiro atoms. The fourth-order valence-electron chi connectivity index (χ4n) is 3.74. The van der Waals surface area contributed by atoms with Crippen LogP contribution in [-0.2, 0) is 0 Å². The number of aromatic nitrogens is 3. The first-order chi connectivity index (χ1) is 14.3. The first-order valence-corrected chi connectivity index (χ1v) is 10.6. The van der Waals surface area contributed by atoms with Crippen LogP contribution in [0, 0.1) is 12.8 Å². The summed E-state index contributed by atoms with van der Waals surface area (Å²) in [6, 6.07) is 7.82. The number of nitrogens with zero attached hydrogens (tertiary/aromatic N) is 3. The van der Waals surface area contributed by atoms with Crippen LogP contribution in [0.15, 0.2) is 24.3 Å². The highest BCUT2D eigenvalue weighted by Crippen LogP contribution is 2.37. The van der Waals surface area contributed by atoms with Gasteiger partial charge >= 0.3 is 6.18 Å². The van der Waals surface area contributed by atoms with E-state index in [-0.39, 0.29) is 24.5 Å². The number of alkyl halides is 3. The van der Waals surface area contributed by atoms with Gasteiger partial charge in [0, 0.05) is 12.6 Å². The summed E-state index contributed by atoms with van der Waals surface area (Å²) in [6.45, 7) is 0.671. The van der Waals surface area contributed by atoms with Crippen LogP contribution in [0.4, 0.5) is 24.9 Å². The number of hydrogen-bond acceptors (Lipinski definition) is 7. The summed E-state index contributed by atoms with van der Waals surface area (Å²) >= 11 is 1.49. The number of fused-ring (bicyclic) bond motifs is 1.